The van der Waals surface area contributed by atoms with Crippen LogP contribution in [-0.4, -0.2) is 10.2 Å². The first-order valence-corrected chi connectivity index (χ1v) is 6.21. The van der Waals surface area contributed by atoms with Crippen LogP contribution in [0.2, 0.25) is 10.2 Å². The second kappa shape index (κ2) is 5.91. The van der Waals surface area contributed by atoms with Crippen LogP contribution in [0.3, 0.4) is 0 Å². The topological polar surface area (TPSA) is 55.0 Å². The maximum absolute atomic E-state index is 11.7. The molecule has 0 saturated carbocycles. The Kier molecular flexibility index (Phi) is 4.24. The molecule has 0 unspecified atom stereocenters. The molecule has 98 valence electrons. The number of halogens is 2. The first-order valence-electron chi connectivity index (χ1n) is 5.45. The highest BCUT2D eigenvalue weighted by Crippen LogP contribution is 2.27. The Morgan fingerprint density at radius 3 is 2.79 bits per heavy atom. The van der Waals surface area contributed by atoms with E-state index in [2.05, 4.69) is 10.2 Å². The zero-order chi connectivity index (χ0) is 13.8. The fraction of sp³-hybridized carbons (Fsp3) is 0.0769. The van der Waals surface area contributed by atoms with Crippen molar-refractivity contribution < 1.29 is 4.74 Å². The van der Waals surface area contributed by atoms with Gasteiger partial charge in [-0.2, -0.15) is 0 Å². The van der Waals surface area contributed by atoms with Crippen LogP contribution >= 0.6 is 23.2 Å². The predicted octanol–water partition coefficient (Wildman–Crippen LogP) is 3.90. The van der Waals surface area contributed by atoms with Gasteiger partial charge < -0.3 is 4.74 Å². The fourth-order valence-corrected chi connectivity index (χ4v) is 1.76. The third-order valence-corrected chi connectivity index (χ3v) is 2.69. The number of H-pyrrole nitrogens is 1. The molecule has 0 aliphatic rings. The molecule has 0 saturated heterocycles. The monoisotopic (exact) mass is 296 g/mol. The number of nitrogens with one attached hydrogen (secondary N) is 1. The van der Waals surface area contributed by atoms with Gasteiger partial charge in [-0.25, -0.2) is 0 Å². The Labute approximate surface area is 119 Å². The van der Waals surface area contributed by atoms with Crippen molar-refractivity contribution in [3.05, 3.63) is 56.3 Å². The molecule has 4 nitrogen and oxygen atoms in total. The zero-order valence-electron chi connectivity index (χ0n) is 9.98. The van der Waals surface area contributed by atoms with E-state index in [-0.39, 0.29) is 11.0 Å². The molecule has 2 aromatic rings. The molecule has 0 spiro atoms. The Morgan fingerprint density at radius 2 is 2.11 bits per heavy atom. The Hall–Kier alpha value is -1.78. The molecule has 0 aliphatic carbocycles. The highest BCUT2D eigenvalue weighted by Gasteiger charge is 2.08. The summed E-state index contributed by atoms with van der Waals surface area (Å²) in [5.74, 6) is 0.364. The first-order chi connectivity index (χ1) is 9.10. The summed E-state index contributed by atoms with van der Waals surface area (Å²) in [6, 6.07) is 6.35. The summed E-state index contributed by atoms with van der Waals surface area (Å²) in [6.07, 6.45) is 3.70. The molecule has 1 N–H and O–H groups in total. The average molecular weight is 297 g/mol. The lowest BCUT2D eigenvalue weighted by Crippen LogP contribution is -2.07. The maximum atomic E-state index is 11.7. The van der Waals surface area contributed by atoms with Gasteiger partial charge in [-0.15, -0.1) is 5.10 Å². The van der Waals surface area contributed by atoms with Gasteiger partial charge in [0.1, 0.15) is 10.9 Å². The summed E-state index contributed by atoms with van der Waals surface area (Å²) in [5, 5.41) is 6.87. The third kappa shape index (κ3) is 3.36. The van der Waals surface area contributed by atoms with Crippen LogP contribution in [0, 0.1) is 0 Å². The summed E-state index contributed by atoms with van der Waals surface area (Å²) in [6.45, 7) is 1.88. The van der Waals surface area contributed by atoms with E-state index < -0.39 is 5.43 Å². The van der Waals surface area contributed by atoms with Crippen LogP contribution in [0.25, 0.3) is 6.08 Å². The molecule has 1 heterocycles. The molecule has 19 heavy (non-hydrogen) atoms. The number of aromatic amines is 1. The fourth-order valence-electron chi connectivity index (χ4n) is 1.46. The number of nitrogens with zero attached hydrogens (tertiary/aromatic N) is 1. The number of ether oxygens (including phenoxy) is 1. The highest BCUT2D eigenvalue weighted by molar-refractivity contribution is 6.30. The Bertz CT molecular complexity index is 681. The lowest BCUT2D eigenvalue weighted by atomic mass is 10.2. The van der Waals surface area contributed by atoms with Crippen molar-refractivity contribution in [2.75, 3.05) is 0 Å². The summed E-state index contributed by atoms with van der Waals surface area (Å²) in [4.78, 5) is 11.7. The number of hydrogen-bond acceptors (Lipinski definition) is 3. The number of hydrogen-bond donors (Lipinski definition) is 1. The van der Waals surface area contributed by atoms with E-state index in [9.17, 15) is 4.79 Å². The van der Waals surface area contributed by atoms with Gasteiger partial charge in [0, 0.05) is 22.7 Å². The number of allylic oxidation sites excluding steroid dienone is 1. The average Bonchev–Trinajstić information content (AvgIpc) is 2.36. The van der Waals surface area contributed by atoms with E-state index in [1.54, 1.807) is 18.2 Å². The second-order valence-corrected chi connectivity index (χ2v) is 4.51. The summed E-state index contributed by atoms with van der Waals surface area (Å²) in [5.41, 5.74) is 0.387. The summed E-state index contributed by atoms with van der Waals surface area (Å²) >= 11 is 11.5. The van der Waals surface area contributed by atoms with Gasteiger partial charge in [0.05, 0.1) is 0 Å². The van der Waals surface area contributed by atoms with Crippen LogP contribution in [0.4, 0.5) is 0 Å². The van der Waals surface area contributed by atoms with Crippen LogP contribution in [0.5, 0.6) is 11.6 Å². The Balaban J connectivity index is 2.42. The van der Waals surface area contributed by atoms with Crippen molar-refractivity contribution in [3.8, 4) is 11.6 Å². The quantitative estimate of drug-likeness (QED) is 0.934. The second-order valence-electron chi connectivity index (χ2n) is 3.67. The van der Waals surface area contributed by atoms with Gasteiger partial charge >= 0.3 is 0 Å². The number of aromatic nitrogens is 2. The van der Waals surface area contributed by atoms with Gasteiger partial charge in [0.15, 0.2) is 0 Å². The standard InChI is InChI=1S/C13H10Cl2N2O2/c1-2-3-8-4-5-9(14)6-11(8)19-13-10(18)7-12(15)16-17-13/h2-7H,1H3,(H,16,18)/b3-2-. The van der Waals surface area contributed by atoms with Crippen molar-refractivity contribution in [1.82, 2.24) is 10.2 Å². The minimum absolute atomic E-state index is 0.0857. The zero-order valence-corrected chi connectivity index (χ0v) is 11.5. The molecular formula is C13H10Cl2N2O2. The van der Waals surface area contributed by atoms with E-state index in [1.165, 1.54) is 6.07 Å². The summed E-state index contributed by atoms with van der Waals surface area (Å²) < 4.78 is 5.48. The molecule has 0 radical (unpaired) electrons. The molecule has 1 aromatic heterocycles. The molecule has 0 aliphatic heterocycles. The number of rotatable bonds is 3. The normalized spacial score (nSPS) is 10.9. The van der Waals surface area contributed by atoms with Crippen LogP contribution in [-0.2, 0) is 0 Å². The van der Waals surface area contributed by atoms with Crippen LogP contribution < -0.4 is 10.2 Å². The maximum Gasteiger partial charge on any atom is 0.285 e. The lowest BCUT2D eigenvalue weighted by Gasteiger charge is -2.07. The Morgan fingerprint density at radius 1 is 1.32 bits per heavy atom. The van der Waals surface area contributed by atoms with E-state index in [4.69, 9.17) is 27.9 Å². The minimum atomic E-state index is -0.407. The van der Waals surface area contributed by atoms with Crippen molar-refractivity contribution >= 4 is 29.3 Å². The number of benzene rings is 1. The van der Waals surface area contributed by atoms with Crippen LogP contribution in [0.1, 0.15) is 12.5 Å². The van der Waals surface area contributed by atoms with Gasteiger partial charge in [-0.05, 0) is 19.1 Å². The smallest absolute Gasteiger partial charge is 0.285 e. The van der Waals surface area contributed by atoms with Crippen molar-refractivity contribution in [1.29, 1.82) is 0 Å². The predicted molar refractivity (Wildman–Crippen MR) is 76.1 cm³/mol. The third-order valence-electron chi connectivity index (χ3n) is 2.26. The molecule has 0 amide bonds. The van der Waals surface area contributed by atoms with E-state index in [0.717, 1.165) is 5.56 Å². The van der Waals surface area contributed by atoms with E-state index in [1.807, 2.05) is 19.1 Å². The molecule has 6 heteroatoms. The first kappa shape index (κ1) is 13.6. The largest absolute Gasteiger partial charge is 0.434 e. The SMILES string of the molecule is C/C=C\c1ccc(Cl)cc1Oc1n[nH]c(Cl)cc1=O. The minimum Gasteiger partial charge on any atom is -0.434 e. The van der Waals surface area contributed by atoms with Gasteiger partial charge in [0.2, 0.25) is 5.43 Å². The molecular weight excluding hydrogens is 287 g/mol. The van der Waals surface area contributed by atoms with Gasteiger partial charge in [-0.1, -0.05) is 35.4 Å². The lowest BCUT2D eigenvalue weighted by molar-refractivity contribution is 0.449. The van der Waals surface area contributed by atoms with E-state index in [0.29, 0.717) is 10.8 Å². The molecule has 0 bridgehead atoms. The van der Waals surface area contributed by atoms with Crippen molar-refractivity contribution in [3.63, 3.8) is 0 Å². The molecule has 2 rings (SSSR count). The molecule has 1 aromatic carbocycles. The van der Waals surface area contributed by atoms with E-state index >= 15 is 0 Å². The van der Waals surface area contributed by atoms with Crippen molar-refractivity contribution in [2.24, 2.45) is 0 Å². The van der Waals surface area contributed by atoms with Crippen LogP contribution in [0.15, 0.2) is 35.1 Å². The molecule has 0 fully saturated rings. The van der Waals surface area contributed by atoms with Gasteiger partial charge in [0.25, 0.3) is 5.88 Å². The molecule has 0 atom stereocenters. The summed E-state index contributed by atoms with van der Waals surface area (Å²) in [7, 11) is 0. The highest BCUT2D eigenvalue weighted by atomic mass is 35.5. The van der Waals surface area contributed by atoms with Gasteiger partial charge in [-0.3, -0.25) is 9.89 Å². The van der Waals surface area contributed by atoms with Crippen molar-refractivity contribution in [2.45, 2.75) is 6.92 Å².